The van der Waals surface area contributed by atoms with Crippen molar-refractivity contribution < 1.29 is 9.47 Å². The predicted molar refractivity (Wildman–Crippen MR) is 78.3 cm³/mol. The van der Waals surface area contributed by atoms with Crippen LogP contribution in [-0.2, 0) is 0 Å². The highest BCUT2D eigenvalue weighted by molar-refractivity contribution is 5.78. The fraction of sp³-hybridized carbons (Fsp3) is 0.533. The van der Waals surface area contributed by atoms with Gasteiger partial charge in [-0.05, 0) is 31.4 Å². The van der Waals surface area contributed by atoms with Crippen molar-refractivity contribution in [3.8, 4) is 11.5 Å². The highest BCUT2D eigenvalue weighted by Crippen LogP contribution is 2.30. The second-order valence-corrected chi connectivity index (χ2v) is 5.24. The van der Waals surface area contributed by atoms with Crippen molar-refractivity contribution in [1.82, 2.24) is 4.90 Å². The molecule has 0 spiro atoms. The molecule has 0 aromatic heterocycles. The van der Waals surface area contributed by atoms with Gasteiger partial charge in [-0.3, -0.25) is 0 Å². The Morgan fingerprint density at radius 2 is 1.95 bits per heavy atom. The van der Waals surface area contributed by atoms with Crippen molar-refractivity contribution in [1.29, 1.82) is 0 Å². The van der Waals surface area contributed by atoms with Crippen molar-refractivity contribution in [3.63, 3.8) is 0 Å². The Hall–Kier alpha value is -1.91. The Morgan fingerprint density at radius 3 is 2.75 bits per heavy atom. The normalized spacial score (nSPS) is 22.7. The molecule has 0 radical (unpaired) electrons. The summed E-state index contributed by atoms with van der Waals surface area (Å²) in [5, 5.41) is 0. The van der Waals surface area contributed by atoms with Crippen LogP contribution in [0, 0.1) is 0 Å². The molecule has 20 heavy (non-hydrogen) atoms. The van der Waals surface area contributed by atoms with Crippen LogP contribution < -0.4 is 15.2 Å². The first-order valence-electron chi connectivity index (χ1n) is 7.26. The predicted octanol–water partition coefficient (Wildman–Crippen LogP) is 1.63. The number of guanidine groups is 1. The van der Waals surface area contributed by atoms with E-state index in [9.17, 15) is 0 Å². The lowest BCUT2D eigenvalue weighted by Gasteiger charge is -2.29. The van der Waals surface area contributed by atoms with E-state index in [-0.39, 0.29) is 6.10 Å². The number of hydrogen-bond acceptors (Lipinski definition) is 3. The first-order valence-corrected chi connectivity index (χ1v) is 7.26. The second kappa shape index (κ2) is 6.03. The summed E-state index contributed by atoms with van der Waals surface area (Å²) in [5.41, 5.74) is 6.04. The van der Waals surface area contributed by atoms with Crippen molar-refractivity contribution >= 4 is 5.96 Å². The number of rotatable bonds is 2. The monoisotopic (exact) mass is 275 g/mol. The van der Waals surface area contributed by atoms with Gasteiger partial charge in [0.25, 0.3) is 0 Å². The van der Waals surface area contributed by atoms with E-state index in [0.29, 0.717) is 19.1 Å². The van der Waals surface area contributed by atoms with Gasteiger partial charge in [0, 0.05) is 13.1 Å². The van der Waals surface area contributed by atoms with Gasteiger partial charge in [-0.1, -0.05) is 12.1 Å². The number of hydrogen-bond donors (Lipinski definition) is 1. The SMILES string of the molecule is NC(=NCC1COc2ccccc2O1)N1CCCCC1. The average molecular weight is 275 g/mol. The minimum absolute atomic E-state index is 0.0618. The molecular weight excluding hydrogens is 254 g/mol. The molecule has 0 bridgehead atoms. The van der Waals surface area contributed by atoms with Gasteiger partial charge in [0.2, 0.25) is 0 Å². The van der Waals surface area contributed by atoms with E-state index in [1.165, 1.54) is 19.3 Å². The van der Waals surface area contributed by atoms with E-state index in [4.69, 9.17) is 15.2 Å². The first-order chi connectivity index (χ1) is 9.83. The molecule has 3 rings (SSSR count). The first kappa shape index (κ1) is 13.1. The Labute approximate surface area is 119 Å². The number of benzene rings is 1. The maximum Gasteiger partial charge on any atom is 0.191 e. The van der Waals surface area contributed by atoms with Gasteiger partial charge >= 0.3 is 0 Å². The Morgan fingerprint density at radius 1 is 1.20 bits per heavy atom. The largest absolute Gasteiger partial charge is 0.486 e. The smallest absolute Gasteiger partial charge is 0.191 e. The van der Waals surface area contributed by atoms with Crippen LogP contribution in [0.25, 0.3) is 0 Å². The van der Waals surface area contributed by atoms with Gasteiger partial charge in [-0.25, -0.2) is 4.99 Å². The van der Waals surface area contributed by atoms with E-state index in [2.05, 4.69) is 9.89 Å². The minimum Gasteiger partial charge on any atom is -0.486 e. The lowest BCUT2D eigenvalue weighted by Crippen LogP contribution is -2.42. The standard InChI is InChI=1S/C15H21N3O2/c16-15(18-8-4-1-5-9-18)17-10-12-11-19-13-6-2-3-7-14(13)20-12/h2-3,6-7,12H,1,4-5,8-11H2,(H2,16,17). The molecule has 1 atom stereocenters. The summed E-state index contributed by atoms with van der Waals surface area (Å²) < 4.78 is 11.5. The van der Waals surface area contributed by atoms with Crippen molar-refractivity contribution in [2.75, 3.05) is 26.2 Å². The molecule has 108 valence electrons. The number of likely N-dealkylation sites (tertiary alicyclic amines) is 1. The second-order valence-electron chi connectivity index (χ2n) is 5.24. The number of piperidine rings is 1. The molecule has 1 saturated heterocycles. The van der Waals surface area contributed by atoms with Gasteiger partial charge in [0.1, 0.15) is 6.61 Å². The van der Waals surface area contributed by atoms with Crippen molar-refractivity contribution in [2.24, 2.45) is 10.7 Å². The third kappa shape index (κ3) is 2.98. The average Bonchev–Trinajstić information content (AvgIpc) is 2.53. The summed E-state index contributed by atoms with van der Waals surface area (Å²) in [5.74, 6) is 2.22. The van der Waals surface area contributed by atoms with Crippen LogP contribution in [0.5, 0.6) is 11.5 Å². The molecular formula is C15H21N3O2. The van der Waals surface area contributed by atoms with E-state index >= 15 is 0 Å². The summed E-state index contributed by atoms with van der Waals surface area (Å²) in [6.45, 7) is 3.09. The molecule has 2 aliphatic heterocycles. The summed E-state index contributed by atoms with van der Waals surface area (Å²) in [6.07, 6.45) is 3.63. The van der Waals surface area contributed by atoms with E-state index < -0.39 is 0 Å². The quantitative estimate of drug-likeness (QED) is 0.658. The number of ether oxygens (including phenoxy) is 2. The zero-order valence-electron chi connectivity index (χ0n) is 11.6. The van der Waals surface area contributed by atoms with E-state index in [1.807, 2.05) is 24.3 Å². The van der Waals surface area contributed by atoms with Gasteiger partial charge in [0.05, 0.1) is 6.54 Å². The summed E-state index contributed by atoms with van der Waals surface area (Å²) in [6, 6.07) is 7.71. The molecule has 1 aromatic carbocycles. The molecule has 0 saturated carbocycles. The van der Waals surface area contributed by atoms with Gasteiger partial charge < -0.3 is 20.1 Å². The molecule has 2 N–H and O–H groups in total. The summed E-state index contributed by atoms with van der Waals surface area (Å²) in [4.78, 5) is 6.61. The molecule has 5 heteroatoms. The van der Waals surface area contributed by atoms with E-state index in [0.717, 1.165) is 24.6 Å². The zero-order chi connectivity index (χ0) is 13.8. The van der Waals surface area contributed by atoms with Gasteiger partial charge in [-0.15, -0.1) is 0 Å². The minimum atomic E-state index is -0.0618. The lowest BCUT2D eigenvalue weighted by molar-refractivity contribution is 0.0969. The highest BCUT2D eigenvalue weighted by Gasteiger charge is 2.20. The molecule has 1 fully saturated rings. The van der Waals surface area contributed by atoms with Crippen LogP contribution in [0.2, 0.25) is 0 Å². The third-order valence-corrected chi connectivity index (χ3v) is 3.70. The number of para-hydroxylation sites is 2. The van der Waals surface area contributed by atoms with Crippen molar-refractivity contribution in [2.45, 2.75) is 25.4 Å². The third-order valence-electron chi connectivity index (χ3n) is 3.70. The van der Waals surface area contributed by atoms with Gasteiger partial charge in [0.15, 0.2) is 23.6 Å². The molecule has 0 amide bonds. The maximum atomic E-state index is 6.04. The van der Waals surface area contributed by atoms with Crippen LogP contribution in [0.3, 0.4) is 0 Å². The fourth-order valence-corrected chi connectivity index (χ4v) is 2.57. The fourth-order valence-electron chi connectivity index (χ4n) is 2.57. The Kier molecular flexibility index (Phi) is 3.95. The van der Waals surface area contributed by atoms with Crippen molar-refractivity contribution in [3.05, 3.63) is 24.3 Å². The molecule has 1 unspecified atom stereocenters. The van der Waals surface area contributed by atoms with Crippen LogP contribution in [-0.4, -0.2) is 43.2 Å². The Balaban J connectivity index is 1.56. The zero-order valence-corrected chi connectivity index (χ0v) is 11.6. The molecule has 0 aliphatic carbocycles. The van der Waals surface area contributed by atoms with Crippen LogP contribution in [0.1, 0.15) is 19.3 Å². The lowest BCUT2D eigenvalue weighted by atomic mass is 10.1. The number of fused-ring (bicyclic) bond motifs is 1. The number of nitrogens with two attached hydrogens (primary N) is 1. The van der Waals surface area contributed by atoms with Gasteiger partial charge in [-0.2, -0.15) is 0 Å². The summed E-state index contributed by atoms with van der Waals surface area (Å²) >= 11 is 0. The molecule has 5 nitrogen and oxygen atoms in total. The maximum absolute atomic E-state index is 6.04. The number of aliphatic imine (C=N–C) groups is 1. The van der Waals surface area contributed by atoms with Crippen LogP contribution >= 0.6 is 0 Å². The molecule has 2 heterocycles. The summed E-state index contributed by atoms with van der Waals surface area (Å²) in [7, 11) is 0. The molecule has 2 aliphatic rings. The Bertz CT molecular complexity index is 484. The molecule has 1 aromatic rings. The van der Waals surface area contributed by atoms with Crippen LogP contribution in [0.4, 0.5) is 0 Å². The highest BCUT2D eigenvalue weighted by atomic mass is 16.6. The topological polar surface area (TPSA) is 60.1 Å². The van der Waals surface area contributed by atoms with Crippen LogP contribution in [0.15, 0.2) is 29.3 Å². The van der Waals surface area contributed by atoms with E-state index in [1.54, 1.807) is 0 Å². The number of nitrogens with zero attached hydrogens (tertiary/aromatic N) is 2.